The van der Waals surface area contributed by atoms with Crippen molar-refractivity contribution >= 4 is 28.6 Å². The number of aromatic amines is 1. The first-order valence-corrected chi connectivity index (χ1v) is 14.6. The van der Waals surface area contributed by atoms with Crippen LogP contribution in [-0.2, 0) is 37.6 Å². The number of H-pyrrole nitrogens is 1. The Kier molecular flexibility index (Phi) is 6.65. The molecule has 0 aliphatic carbocycles. The molecule has 0 bridgehead atoms. The first-order chi connectivity index (χ1) is 20.4. The monoisotopic (exact) mass is 570 g/mol. The molecule has 2 N–H and O–H groups in total. The topological polar surface area (TPSA) is 121 Å². The zero-order valence-electron chi connectivity index (χ0n) is 23.6. The molecule has 3 amide bonds. The van der Waals surface area contributed by atoms with E-state index in [0.29, 0.717) is 51.4 Å². The normalized spacial score (nSPS) is 24.0. The molecule has 0 saturated carbocycles. The van der Waals surface area contributed by atoms with Crippen molar-refractivity contribution in [3.05, 3.63) is 72.0 Å². The van der Waals surface area contributed by atoms with Crippen LogP contribution in [0.25, 0.3) is 22.2 Å². The van der Waals surface area contributed by atoms with Gasteiger partial charge in [0.1, 0.15) is 11.5 Å². The van der Waals surface area contributed by atoms with E-state index in [1.807, 2.05) is 34.9 Å². The van der Waals surface area contributed by atoms with Crippen LogP contribution >= 0.6 is 0 Å². The number of rotatable bonds is 6. The number of hydrogen-bond donors (Lipinski definition) is 2. The summed E-state index contributed by atoms with van der Waals surface area (Å²) in [4.78, 5) is 48.6. The number of carbonyl (C=O) groups is 3. The van der Waals surface area contributed by atoms with Crippen molar-refractivity contribution in [2.24, 2.45) is 11.8 Å². The van der Waals surface area contributed by atoms with Crippen LogP contribution in [0.3, 0.4) is 0 Å². The van der Waals surface area contributed by atoms with Crippen LogP contribution in [0.15, 0.2) is 63.8 Å². The number of nitrogens with zero attached hydrogens (tertiary/aromatic N) is 2. The summed E-state index contributed by atoms with van der Waals surface area (Å²) < 4.78 is 16.5. The second-order valence-electron chi connectivity index (χ2n) is 11.6. The van der Waals surface area contributed by atoms with E-state index >= 15 is 0 Å². The minimum atomic E-state index is -0.884. The van der Waals surface area contributed by atoms with Gasteiger partial charge in [0, 0.05) is 54.1 Å². The summed E-state index contributed by atoms with van der Waals surface area (Å²) in [6.07, 6.45) is 4.18. The average molecular weight is 571 g/mol. The standard InChI is InChI=1S/C32H34N4O6/c1-32-25(31(39)35-10-14-40-15-11-35)16-21(18-28(37)33-19-22-4-2-12-41-22)30(38)36(32)9-8-24-23-7-6-20(27-5-3-13-42-27)17-26(23)34-29(24)32/h2-7,12-13,17,21,25,34H,8-11,14-16,18-19H2,1H3,(H,33,37)/t21-,25-,32+/m1/s1. The van der Waals surface area contributed by atoms with Crippen molar-refractivity contribution in [2.45, 2.75) is 38.3 Å². The molecule has 10 heteroatoms. The molecule has 3 atom stereocenters. The second kappa shape index (κ2) is 10.5. The number of morpholine rings is 1. The minimum Gasteiger partial charge on any atom is -0.467 e. The minimum absolute atomic E-state index is 0.00192. The van der Waals surface area contributed by atoms with E-state index < -0.39 is 17.4 Å². The van der Waals surface area contributed by atoms with Crippen molar-refractivity contribution in [1.29, 1.82) is 0 Å². The molecule has 42 heavy (non-hydrogen) atoms. The zero-order valence-corrected chi connectivity index (χ0v) is 23.6. The molecule has 7 rings (SSSR count). The fourth-order valence-corrected chi connectivity index (χ4v) is 7.08. The summed E-state index contributed by atoms with van der Waals surface area (Å²) in [5.41, 5.74) is 3.05. The predicted octanol–water partition coefficient (Wildman–Crippen LogP) is 3.82. The summed E-state index contributed by atoms with van der Waals surface area (Å²) in [6.45, 7) is 4.75. The van der Waals surface area contributed by atoms with Gasteiger partial charge in [0.05, 0.1) is 43.7 Å². The maximum atomic E-state index is 14.3. The van der Waals surface area contributed by atoms with Crippen molar-refractivity contribution in [1.82, 2.24) is 20.1 Å². The Morgan fingerprint density at radius 3 is 2.64 bits per heavy atom. The third-order valence-electron chi connectivity index (χ3n) is 9.27. The molecule has 10 nitrogen and oxygen atoms in total. The van der Waals surface area contributed by atoms with E-state index in [0.717, 1.165) is 33.5 Å². The molecule has 6 heterocycles. The van der Waals surface area contributed by atoms with Gasteiger partial charge in [0.25, 0.3) is 0 Å². The summed E-state index contributed by atoms with van der Waals surface area (Å²) >= 11 is 0. The first kappa shape index (κ1) is 26.6. The molecule has 0 unspecified atom stereocenters. The van der Waals surface area contributed by atoms with Crippen molar-refractivity contribution in [3.63, 3.8) is 0 Å². The molecule has 3 aliphatic rings. The fourth-order valence-electron chi connectivity index (χ4n) is 7.08. The molecule has 2 saturated heterocycles. The van der Waals surface area contributed by atoms with Crippen molar-refractivity contribution in [3.8, 4) is 11.3 Å². The number of piperidine rings is 1. The number of aromatic nitrogens is 1. The van der Waals surface area contributed by atoms with Crippen LogP contribution in [-0.4, -0.2) is 65.4 Å². The van der Waals surface area contributed by atoms with Gasteiger partial charge in [-0.1, -0.05) is 12.1 Å². The maximum absolute atomic E-state index is 14.3. The third kappa shape index (κ3) is 4.41. The van der Waals surface area contributed by atoms with Crippen LogP contribution < -0.4 is 5.32 Å². The lowest BCUT2D eigenvalue weighted by molar-refractivity contribution is -0.166. The van der Waals surface area contributed by atoms with Crippen LogP contribution in [0.1, 0.15) is 36.8 Å². The number of hydrogen-bond acceptors (Lipinski definition) is 6. The quantitative estimate of drug-likeness (QED) is 0.364. The van der Waals surface area contributed by atoms with E-state index in [2.05, 4.69) is 22.4 Å². The smallest absolute Gasteiger partial charge is 0.228 e. The molecule has 1 aromatic carbocycles. The molecular formula is C32H34N4O6. The number of amides is 3. The summed E-state index contributed by atoms with van der Waals surface area (Å²) in [5, 5.41) is 3.95. The Hall–Kier alpha value is -4.31. The highest BCUT2D eigenvalue weighted by molar-refractivity contribution is 5.93. The Balaban J connectivity index is 1.24. The van der Waals surface area contributed by atoms with Gasteiger partial charge in [-0.3, -0.25) is 14.4 Å². The summed E-state index contributed by atoms with van der Waals surface area (Å²) in [6, 6.07) is 13.5. The Morgan fingerprint density at radius 2 is 1.88 bits per heavy atom. The highest BCUT2D eigenvalue weighted by Gasteiger charge is 2.57. The van der Waals surface area contributed by atoms with Crippen molar-refractivity contribution in [2.75, 3.05) is 32.8 Å². The first-order valence-electron chi connectivity index (χ1n) is 14.6. The molecule has 4 aromatic rings. The maximum Gasteiger partial charge on any atom is 0.228 e. The summed E-state index contributed by atoms with van der Waals surface area (Å²) in [7, 11) is 0. The molecule has 0 spiro atoms. The van der Waals surface area contributed by atoms with Crippen molar-refractivity contribution < 1.29 is 28.0 Å². The largest absolute Gasteiger partial charge is 0.467 e. The molecular weight excluding hydrogens is 536 g/mol. The van der Waals surface area contributed by atoms with Gasteiger partial charge in [-0.15, -0.1) is 0 Å². The molecule has 3 aliphatic heterocycles. The van der Waals surface area contributed by atoms with Gasteiger partial charge in [0.15, 0.2) is 0 Å². The predicted molar refractivity (Wildman–Crippen MR) is 153 cm³/mol. The average Bonchev–Trinajstić information content (AvgIpc) is 3.79. The second-order valence-corrected chi connectivity index (χ2v) is 11.6. The van der Waals surface area contributed by atoms with Gasteiger partial charge >= 0.3 is 0 Å². The van der Waals surface area contributed by atoms with Crippen LogP contribution in [0.2, 0.25) is 0 Å². The van der Waals surface area contributed by atoms with Crippen LogP contribution in [0.5, 0.6) is 0 Å². The van der Waals surface area contributed by atoms with Crippen LogP contribution in [0.4, 0.5) is 0 Å². The molecule has 2 fully saturated rings. The third-order valence-corrected chi connectivity index (χ3v) is 9.27. The molecule has 3 aromatic heterocycles. The Labute approximate surface area is 243 Å². The Morgan fingerprint density at radius 1 is 1.07 bits per heavy atom. The fraction of sp³-hybridized carbons (Fsp3) is 0.406. The number of carbonyl (C=O) groups excluding carboxylic acids is 3. The molecule has 218 valence electrons. The summed E-state index contributed by atoms with van der Waals surface area (Å²) in [5.74, 6) is -0.0180. The SMILES string of the molecule is C[C@]12c3[nH]c4cc(-c5ccco5)ccc4c3CCN1C(=O)[C@@H](CC(=O)NCc1ccco1)C[C@@H]2C(=O)N1CCOCC1. The highest BCUT2D eigenvalue weighted by atomic mass is 16.5. The number of furan rings is 2. The van der Waals surface area contributed by atoms with Crippen LogP contribution in [0, 0.1) is 11.8 Å². The number of fused-ring (bicyclic) bond motifs is 5. The van der Waals surface area contributed by atoms with E-state index in [4.69, 9.17) is 13.6 Å². The lowest BCUT2D eigenvalue weighted by atomic mass is 9.67. The molecule has 0 radical (unpaired) electrons. The number of ether oxygens (including phenoxy) is 1. The number of nitrogens with one attached hydrogen (secondary N) is 2. The van der Waals surface area contributed by atoms with Gasteiger partial charge in [-0.05, 0) is 55.7 Å². The van der Waals surface area contributed by atoms with Gasteiger partial charge < -0.3 is 33.7 Å². The van der Waals surface area contributed by atoms with Gasteiger partial charge in [-0.25, -0.2) is 0 Å². The Bertz CT molecular complexity index is 1620. The zero-order chi connectivity index (χ0) is 28.8. The highest BCUT2D eigenvalue weighted by Crippen LogP contribution is 2.50. The van der Waals surface area contributed by atoms with Gasteiger partial charge in [-0.2, -0.15) is 0 Å². The lowest BCUT2D eigenvalue weighted by Crippen LogP contribution is -2.65. The van der Waals surface area contributed by atoms with E-state index in [9.17, 15) is 14.4 Å². The van der Waals surface area contributed by atoms with Gasteiger partial charge in [0.2, 0.25) is 17.7 Å². The number of benzene rings is 1. The van der Waals surface area contributed by atoms with E-state index in [1.165, 1.54) is 0 Å². The van der Waals surface area contributed by atoms with E-state index in [-0.39, 0.29) is 30.7 Å². The lowest BCUT2D eigenvalue weighted by Gasteiger charge is -2.54. The van der Waals surface area contributed by atoms with E-state index in [1.54, 1.807) is 24.7 Å².